The lowest BCUT2D eigenvalue weighted by atomic mass is 9.73. The summed E-state index contributed by atoms with van der Waals surface area (Å²) in [6.07, 6.45) is 7.65. The first-order chi connectivity index (χ1) is 9.02. The Morgan fingerprint density at radius 1 is 1.37 bits per heavy atom. The van der Waals surface area contributed by atoms with Crippen molar-refractivity contribution in [1.82, 2.24) is 0 Å². The monoisotopic (exact) mass is 283 g/mol. The van der Waals surface area contributed by atoms with Crippen LogP contribution in [0.15, 0.2) is 18.2 Å². The molecule has 1 fully saturated rings. The summed E-state index contributed by atoms with van der Waals surface area (Å²) in [6.45, 7) is 2.23. The lowest BCUT2D eigenvalue weighted by Crippen LogP contribution is -2.45. The zero-order chi connectivity index (χ0) is 13.9. The lowest BCUT2D eigenvalue weighted by molar-refractivity contribution is 0.223. The molecule has 106 valence electrons. The third kappa shape index (κ3) is 3.93. The van der Waals surface area contributed by atoms with Crippen LogP contribution in [0, 0.1) is 11.7 Å². The van der Waals surface area contributed by atoms with E-state index in [1.54, 1.807) is 6.07 Å². The molecule has 1 saturated carbocycles. The van der Waals surface area contributed by atoms with E-state index >= 15 is 0 Å². The molecule has 0 radical (unpaired) electrons. The lowest BCUT2D eigenvalue weighted by Gasteiger charge is -2.37. The van der Waals surface area contributed by atoms with Gasteiger partial charge in [0, 0.05) is 10.6 Å². The van der Waals surface area contributed by atoms with Gasteiger partial charge in [0.25, 0.3) is 0 Å². The molecule has 2 N–H and O–H groups in total. The Hall–Kier alpha value is -0.600. The third-order valence-corrected chi connectivity index (χ3v) is 4.72. The SMILES string of the molecule is CCCC1CCC(N)(Cc2cc(F)ccc2Cl)CC1. The van der Waals surface area contributed by atoms with Crippen LogP contribution in [0.2, 0.25) is 5.02 Å². The number of hydrogen-bond acceptors (Lipinski definition) is 1. The minimum atomic E-state index is -0.234. The fourth-order valence-corrected chi connectivity index (χ4v) is 3.37. The number of halogens is 2. The zero-order valence-electron chi connectivity index (χ0n) is 11.6. The van der Waals surface area contributed by atoms with Gasteiger partial charge in [0.05, 0.1) is 0 Å². The van der Waals surface area contributed by atoms with Crippen LogP contribution in [-0.4, -0.2) is 5.54 Å². The number of nitrogens with two attached hydrogens (primary N) is 1. The number of hydrogen-bond donors (Lipinski definition) is 1. The fraction of sp³-hybridized carbons (Fsp3) is 0.625. The molecular weight excluding hydrogens is 261 g/mol. The molecule has 3 heteroatoms. The van der Waals surface area contributed by atoms with Gasteiger partial charge in [-0.05, 0) is 61.8 Å². The van der Waals surface area contributed by atoms with E-state index < -0.39 is 0 Å². The number of benzene rings is 1. The van der Waals surface area contributed by atoms with Crippen LogP contribution < -0.4 is 5.73 Å². The van der Waals surface area contributed by atoms with Crippen molar-refractivity contribution in [2.75, 3.05) is 0 Å². The Bertz CT molecular complexity index is 425. The Kier molecular flexibility index (Phi) is 4.86. The Morgan fingerprint density at radius 2 is 2.05 bits per heavy atom. The molecule has 1 aromatic carbocycles. The molecule has 2 rings (SSSR count). The Balaban J connectivity index is 2.00. The zero-order valence-corrected chi connectivity index (χ0v) is 12.3. The standard InChI is InChI=1S/C16H23ClFN/c1-2-3-12-6-8-16(19,9-7-12)11-13-10-14(18)4-5-15(13)17/h4-5,10,12H,2-3,6-9,11,19H2,1H3. The highest BCUT2D eigenvalue weighted by molar-refractivity contribution is 6.31. The van der Waals surface area contributed by atoms with Crippen molar-refractivity contribution in [1.29, 1.82) is 0 Å². The Labute approximate surface area is 120 Å². The molecule has 1 aromatic rings. The average molecular weight is 284 g/mol. The van der Waals surface area contributed by atoms with E-state index in [0.717, 1.165) is 24.3 Å². The van der Waals surface area contributed by atoms with E-state index in [1.165, 1.54) is 37.8 Å². The van der Waals surface area contributed by atoms with Gasteiger partial charge in [-0.2, -0.15) is 0 Å². The van der Waals surface area contributed by atoms with Crippen molar-refractivity contribution in [3.05, 3.63) is 34.6 Å². The summed E-state index contributed by atoms with van der Waals surface area (Å²) in [5.41, 5.74) is 7.13. The fourth-order valence-electron chi connectivity index (χ4n) is 3.18. The smallest absolute Gasteiger partial charge is 0.123 e. The second kappa shape index (κ2) is 6.23. The summed E-state index contributed by atoms with van der Waals surface area (Å²) in [5, 5.41) is 0.627. The quantitative estimate of drug-likeness (QED) is 0.851. The first kappa shape index (κ1) is 14.8. The minimum absolute atomic E-state index is 0.207. The highest BCUT2D eigenvalue weighted by Gasteiger charge is 2.32. The van der Waals surface area contributed by atoms with Gasteiger partial charge in [0.1, 0.15) is 5.82 Å². The molecule has 0 heterocycles. The van der Waals surface area contributed by atoms with Crippen LogP contribution in [-0.2, 0) is 6.42 Å². The maximum atomic E-state index is 13.3. The van der Waals surface area contributed by atoms with Crippen LogP contribution in [0.5, 0.6) is 0 Å². The topological polar surface area (TPSA) is 26.0 Å². The van der Waals surface area contributed by atoms with Gasteiger partial charge in [-0.3, -0.25) is 0 Å². The Morgan fingerprint density at radius 3 is 2.68 bits per heavy atom. The molecule has 0 unspecified atom stereocenters. The summed E-state index contributed by atoms with van der Waals surface area (Å²) in [7, 11) is 0. The van der Waals surface area contributed by atoms with Crippen LogP contribution in [0.1, 0.15) is 51.0 Å². The van der Waals surface area contributed by atoms with Crippen molar-refractivity contribution >= 4 is 11.6 Å². The van der Waals surface area contributed by atoms with Crippen molar-refractivity contribution in [3.63, 3.8) is 0 Å². The van der Waals surface area contributed by atoms with E-state index in [4.69, 9.17) is 17.3 Å². The minimum Gasteiger partial charge on any atom is -0.325 e. The van der Waals surface area contributed by atoms with Crippen LogP contribution in [0.25, 0.3) is 0 Å². The summed E-state index contributed by atoms with van der Waals surface area (Å²) in [5.74, 6) is 0.590. The molecular formula is C16H23ClFN. The van der Waals surface area contributed by atoms with Gasteiger partial charge in [-0.25, -0.2) is 4.39 Å². The van der Waals surface area contributed by atoms with E-state index in [-0.39, 0.29) is 11.4 Å². The van der Waals surface area contributed by atoms with E-state index in [9.17, 15) is 4.39 Å². The maximum Gasteiger partial charge on any atom is 0.123 e. The molecule has 0 saturated heterocycles. The van der Waals surface area contributed by atoms with Gasteiger partial charge in [-0.1, -0.05) is 31.4 Å². The summed E-state index contributed by atoms with van der Waals surface area (Å²) < 4.78 is 13.3. The molecule has 1 nitrogen and oxygen atoms in total. The normalized spacial score (nSPS) is 27.5. The van der Waals surface area contributed by atoms with Gasteiger partial charge in [0.15, 0.2) is 0 Å². The molecule has 1 aliphatic carbocycles. The molecule has 1 aliphatic rings. The molecule has 0 bridgehead atoms. The molecule has 19 heavy (non-hydrogen) atoms. The van der Waals surface area contributed by atoms with Crippen molar-refractivity contribution in [2.45, 2.75) is 57.4 Å². The predicted molar refractivity (Wildman–Crippen MR) is 78.9 cm³/mol. The number of rotatable bonds is 4. The van der Waals surface area contributed by atoms with Crippen molar-refractivity contribution < 1.29 is 4.39 Å². The summed E-state index contributed by atoms with van der Waals surface area (Å²) >= 11 is 6.13. The van der Waals surface area contributed by atoms with Crippen LogP contribution in [0.3, 0.4) is 0 Å². The molecule has 0 aliphatic heterocycles. The van der Waals surface area contributed by atoms with E-state index in [0.29, 0.717) is 11.4 Å². The van der Waals surface area contributed by atoms with Crippen molar-refractivity contribution in [3.8, 4) is 0 Å². The van der Waals surface area contributed by atoms with Crippen molar-refractivity contribution in [2.24, 2.45) is 11.7 Å². The highest BCUT2D eigenvalue weighted by Crippen LogP contribution is 2.36. The van der Waals surface area contributed by atoms with E-state index in [2.05, 4.69) is 6.92 Å². The highest BCUT2D eigenvalue weighted by atomic mass is 35.5. The first-order valence-corrected chi connectivity index (χ1v) is 7.63. The summed E-state index contributed by atoms with van der Waals surface area (Å²) in [4.78, 5) is 0. The van der Waals surface area contributed by atoms with Gasteiger partial charge in [-0.15, -0.1) is 0 Å². The molecule has 0 spiro atoms. The molecule has 0 atom stereocenters. The first-order valence-electron chi connectivity index (χ1n) is 7.25. The van der Waals surface area contributed by atoms with E-state index in [1.807, 2.05) is 0 Å². The maximum absolute atomic E-state index is 13.3. The third-order valence-electron chi connectivity index (χ3n) is 4.35. The van der Waals surface area contributed by atoms with Crippen LogP contribution in [0.4, 0.5) is 4.39 Å². The van der Waals surface area contributed by atoms with Gasteiger partial charge >= 0.3 is 0 Å². The molecule has 0 amide bonds. The predicted octanol–water partition coefficient (Wildman–Crippen LogP) is 4.71. The second-order valence-corrected chi connectivity index (χ2v) is 6.41. The van der Waals surface area contributed by atoms with Crippen LogP contribution >= 0.6 is 11.6 Å². The largest absolute Gasteiger partial charge is 0.325 e. The van der Waals surface area contributed by atoms with Gasteiger partial charge in [0.2, 0.25) is 0 Å². The molecule has 0 aromatic heterocycles. The van der Waals surface area contributed by atoms with Gasteiger partial charge < -0.3 is 5.73 Å². The summed E-state index contributed by atoms with van der Waals surface area (Å²) in [6, 6.07) is 4.54. The second-order valence-electron chi connectivity index (χ2n) is 6.01. The average Bonchev–Trinajstić information content (AvgIpc) is 2.37.